The van der Waals surface area contributed by atoms with E-state index in [1.807, 2.05) is 50.2 Å². The lowest BCUT2D eigenvalue weighted by molar-refractivity contribution is 0.414. The number of anilines is 1. The second-order valence-corrected chi connectivity index (χ2v) is 7.58. The first-order chi connectivity index (χ1) is 10.3. The second kappa shape index (κ2) is 6.99. The molecule has 2 aromatic rings. The topological polar surface area (TPSA) is 21.3 Å². The SMILES string of the molecule is COc1ccc(C(Nc2ccc(C)cc2C)C(Cl)(Cl)Cl)cc1. The standard InChI is InChI=1S/C17H18Cl3NO/c1-11-4-9-15(12(2)10-11)21-16(17(18,19)20)13-5-7-14(22-3)8-6-13/h4-10,16,21H,1-3H3. The van der Waals surface area contributed by atoms with Gasteiger partial charge in [-0.1, -0.05) is 64.6 Å². The van der Waals surface area contributed by atoms with Gasteiger partial charge >= 0.3 is 0 Å². The molecule has 0 aromatic heterocycles. The van der Waals surface area contributed by atoms with Crippen LogP contribution in [-0.4, -0.2) is 10.9 Å². The molecule has 0 bridgehead atoms. The molecule has 0 spiro atoms. The Balaban J connectivity index is 2.34. The molecule has 0 fully saturated rings. The van der Waals surface area contributed by atoms with E-state index in [2.05, 4.69) is 11.4 Å². The van der Waals surface area contributed by atoms with Gasteiger partial charge in [0.2, 0.25) is 3.79 Å². The minimum atomic E-state index is -1.48. The van der Waals surface area contributed by atoms with Crippen LogP contribution in [0.15, 0.2) is 42.5 Å². The summed E-state index contributed by atoms with van der Waals surface area (Å²) >= 11 is 18.5. The third-order valence-electron chi connectivity index (χ3n) is 3.46. The summed E-state index contributed by atoms with van der Waals surface area (Å²) in [4.78, 5) is 0. The molecule has 2 rings (SSSR count). The van der Waals surface area contributed by atoms with Gasteiger partial charge in [-0.25, -0.2) is 0 Å². The molecule has 5 heteroatoms. The minimum absolute atomic E-state index is 0.468. The van der Waals surface area contributed by atoms with Crippen LogP contribution in [0.3, 0.4) is 0 Å². The molecule has 0 heterocycles. The molecule has 1 atom stereocenters. The molecule has 0 aliphatic carbocycles. The Morgan fingerprint density at radius 2 is 1.64 bits per heavy atom. The van der Waals surface area contributed by atoms with E-state index in [1.165, 1.54) is 5.56 Å². The summed E-state index contributed by atoms with van der Waals surface area (Å²) < 4.78 is 3.69. The number of methoxy groups -OCH3 is 1. The Morgan fingerprint density at radius 1 is 1.00 bits per heavy atom. The van der Waals surface area contributed by atoms with Gasteiger partial charge in [0.05, 0.1) is 13.2 Å². The van der Waals surface area contributed by atoms with Crippen LogP contribution in [0.25, 0.3) is 0 Å². The Morgan fingerprint density at radius 3 is 2.14 bits per heavy atom. The highest BCUT2D eigenvalue weighted by Crippen LogP contribution is 2.42. The first-order valence-corrected chi connectivity index (χ1v) is 7.99. The Hall–Kier alpha value is -1.09. The average molecular weight is 359 g/mol. The van der Waals surface area contributed by atoms with Crippen molar-refractivity contribution in [2.24, 2.45) is 0 Å². The van der Waals surface area contributed by atoms with E-state index < -0.39 is 9.83 Å². The van der Waals surface area contributed by atoms with Crippen LogP contribution in [0.2, 0.25) is 0 Å². The largest absolute Gasteiger partial charge is 0.497 e. The maximum Gasteiger partial charge on any atom is 0.214 e. The van der Waals surface area contributed by atoms with Crippen molar-refractivity contribution in [2.45, 2.75) is 23.7 Å². The van der Waals surface area contributed by atoms with Gasteiger partial charge in [0.1, 0.15) is 5.75 Å². The molecule has 1 N–H and O–H groups in total. The third kappa shape index (κ3) is 4.22. The lowest BCUT2D eigenvalue weighted by Gasteiger charge is -2.28. The van der Waals surface area contributed by atoms with E-state index in [4.69, 9.17) is 39.5 Å². The molecule has 0 aliphatic rings. The van der Waals surface area contributed by atoms with Crippen LogP contribution in [0.5, 0.6) is 5.75 Å². The van der Waals surface area contributed by atoms with E-state index in [1.54, 1.807) is 7.11 Å². The molecular formula is C17H18Cl3NO. The molecule has 2 nitrogen and oxygen atoms in total. The van der Waals surface area contributed by atoms with Crippen LogP contribution in [0.1, 0.15) is 22.7 Å². The highest BCUT2D eigenvalue weighted by Gasteiger charge is 2.34. The van der Waals surface area contributed by atoms with Crippen LogP contribution < -0.4 is 10.1 Å². The lowest BCUT2D eigenvalue weighted by atomic mass is 10.1. The summed E-state index contributed by atoms with van der Waals surface area (Å²) in [5.74, 6) is 0.762. The molecule has 22 heavy (non-hydrogen) atoms. The zero-order valence-electron chi connectivity index (χ0n) is 12.7. The van der Waals surface area contributed by atoms with Crippen molar-refractivity contribution < 1.29 is 4.74 Å². The number of nitrogens with one attached hydrogen (secondary N) is 1. The van der Waals surface area contributed by atoms with Gasteiger partial charge in [-0.3, -0.25) is 0 Å². The highest BCUT2D eigenvalue weighted by molar-refractivity contribution is 6.68. The van der Waals surface area contributed by atoms with Crippen molar-refractivity contribution in [1.29, 1.82) is 0 Å². The molecule has 118 valence electrons. The van der Waals surface area contributed by atoms with E-state index in [9.17, 15) is 0 Å². The van der Waals surface area contributed by atoms with Crippen molar-refractivity contribution in [3.63, 3.8) is 0 Å². The number of halogens is 3. The molecule has 2 aromatic carbocycles. The van der Waals surface area contributed by atoms with Gasteiger partial charge < -0.3 is 10.1 Å². The fourth-order valence-electron chi connectivity index (χ4n) is 2.28. The smallest absolute Gasteiger partial charge is 0.214 e. The highest BCUT2D eigenvalue weighted by atomic mass is 35.6. The summed E-state index contributed by atoms with van der Waals surface area (Å²) in [5, 5.41) is 3.33. The van der Waals surface area contributed by atoms with Gasteiger partial charge in [-0.2, -0.15) is 0 Å². The zero-order valence-corrected chi connectivity index (χ0v) is 14.9. The summed E-state index contributed by atoms with van der Waals surface area (Å²) in [6, 6.07) is 13.1. The number of hydrogen-bond donors (Lipinski definition) is 1. The molecule has 1 unspecified atom stereocenters. The number of rotatable bonds is 4. The molecule has 0 amide bonds. The number of ether oxygens (including phenoxy) is 1. The Kier molecular flexibility index (Phi) is 5.49. The molecule has 0 radical (unpaired) electrons. The summed E-state index contributed by atoms with van der Waals surface area (Å²) in [5.41, 5.74) is 4.12. The van der Waals surface area contributed by atoms with Crippen molar-refractivity contribution in [3.05, 3.63) is 59.2 Å². The summed E-state index contributed by atoms with van der Waals surface area (Å²) in [6.45, 7) is 4.07. The summed E-state index contributed by atoms with van der Waals surface area (Å²) in [7, 11) is 1.62. The molecule has 0 saturated carbocycles. The molecule has 0 aliphatic heterocycles. The van der Waals surface area contributed by atoms with Crippen LogP contribution in [0.4, 0.5) is 5.69 Å². The van der Waals surface area contributed by atoms with Crippen LogP contribution in [-0.2, 0) is 0 Å². The predicted octanol–water partition coefficient (Wildman–Crippen LogP) is 5.84. The molecular weight excluding hydrogens is 341 g/mol. The Bertz CT molecular complexity index is 635. The number of aryl methyl sites for hydroxylation is 2. The van der Waals surface area contributed by atoms with Gasteiger partial charge in [-0.15, -0.1) is 0 Å². The minimum Gasteiger partial charge on any atom is -0.497 e. The van der Waals surface area contributed by atoms with Gasteiger partial charge in [0.25, 0.3) is 0 Å². The maximum absolute atomic E-state index is 6.18. The van der Waals surface area contributed by atoms with E-state index >= 15 is 0 Å². The van der Waals surface area contributed by atoms with E-state index in [0.29, 0.717) is 0 Å². The van der Waals surface area contributed by atoms with Gasteiger partial charge in [0, 0.05) is 5.69 Å². The average Bonchev–Trinajstić information content (AvgIpc) is 2.45. The molecule has 0 saturated heterocycles. The predicted molar refractivity (Wildman–Crippen MR) is 95.6 cm³/mol. The van der Waals surface area contributed by atoms with E-state index in [-0.39, 0.29) is 0 Å². The number of benzene rings is 2. The van der Waals surface area contributed by atoms with Crippen molar-refractivity contribution in [3.8, 4) is 5.75 Å². The second-order valence-electron chi connectivity index (χ2n) is 5.21. The number of hydrogen-bond acceptors (Lipinski definition) is 2. The van der Waals surface area contributed by atoms with E-state index in [0.717, 1.165) is 22.6 Å². The van der Waals surface area contributed by atoms with Crippen molar-refractivity contribution in [2.75, 3.05) is 12.4 Å². The van der Waals surface area contributed by atoms with Crippen molar-refractivity contribution >= 4 is 40.5 Å². The first-order valence-electron chi connectivity index (χ1n) is 6.85. The normalized spacial score (nSPS) is 12.8. The van der Waals surface area contributed by atoms with Crippen LogP contribution in [0, 0.1) is 13.8 Å². The zero-order chi connectivity index (χ0) is 16.3. The lowest BCUT2D eigenvalue weighted by Crippen LogP contribution is -2.25. The number of alkyl halides is 3. The maximum atomic E-state index is 6.18. The fourth-order valence-corrected chi connectivity index (χ4v) is 2.82. The third-order valence-corrected chi connectivity index (χ3v) is 4.11. The van der Waals surface area contributed by atoms with Crippen molar-refractivity contribution in [1.82, 2.24) is 0 Å². The Labute approximate surface area is 146 Å². The fraction of sp³-hybridized carbons (Fsp3) is 0.294. The first kappa shape index (κ1) is 17.3. The van der Waals surface area contributed by atoms with Gasteiger partial charge in [-0.05, 0) is 43.2 Å². The monoisotopic (exact) mass is 357 g/mol. The van der Waals surface area contributed by atoms with Crippen LogP contribution >= 0.6 is 34.8 Å². The van der Waals surface area contributed by atoms with Gasteiger partial charge in [0.15, 0.2) is 0 Å². The summed E-state index contributed by atoms with van der Waals surface area (Å²) in [6.07, 6.45) is 0. The quantitative estimate of drug-likeness (QED) is 0.694.